The van der Waals surface area contributed by atoms with Crippen molar-refractivity contribution in [3.05, 3.63) is 0 Å². The Labute approximate surface area is 91.0 Å². The van der Waals surface area contributed by atoms with Crippen LogP contribution in [-0.4, -0.2) is 39.9 Å². The topological polar surface area (TPSA) is 66.4 Å². The molecule has 0 aromatic rings. The van der Waals surface area contributed by atoms with Crippen molar-refractivity contribution in [3.63, 3.8) is 0 Å². The first-order chi connectivity index (χ1) is 6.21. The first-order valence-corrected chi connectivity index (χ1v) is 11.2. The van der Waals surface area contributed by atoms with Gasteiger partial charge in [0, 0.05) is 20.4 Å². The summed E-state index contributed by atoms with van der Waals surface area (Å²) in [4.78, 5) is 0. The third kappa shape index (κ3) is 12.4. The van der Waals surface area contributed by atoms with E-state index in [1.54, 1.807) is 0 Å². The molecule has 0 radical (unpaired) electrons. The van der Waals surface area contributed by atoms with Gasteiger partial charge < -0.3 is 5.32 Å². The van der Waals surface area contributed by atoms with Gasteiger partial charge in [0.25, 0.3) is 0 Å². The lowest BCUT2D eigenvalue weighted by Crippen LogP contribution is -2.28. The minimum Gasteiger partial charge on any atom is -0.316 e. The van der Waals surface area contributed by atoms with Crippen LogP contribution in [0.15, 0.2) is 0 Å². The fourth-order valence-electron chi connectivity index (χ4n) is 0.808. The molecular weight excluding hydrogens is 238 g/mol. The van der Waals surface area contributed by atoms with E-state index in [0.717, 1.165) is 6.54 Å². The molecule has 0 spiro atoms. The van der Waals surface area contributed by atoms with Crippen LogP contribution in [0, 0.1) is 0 Å². The smallest absolute Gasteiger partial charge is 0.316 e. The third-order valence-electron chi connectivity index (χ3n) is 1.56. The van der Waals surface area contributed by atoms with Crippen molar-refractivity contribution in [1.82, 2.24) is 5.32 Å². The van der Waals surface area contributed by atoms with Crippen LogP contribution >= 0.6 is 10.8 Å². The quantitative estimate of drug-likeness (QED) is 0.313. The predicted octanol–water partition coefficient (Wildman–Crippen LogP) is 1.45. The van der Waals surface area contributed by atoms with Gasteiger partial charge >= 0.3 is 9.15 Å². The van der Waals surface area contributed by atoms with Gasteiger partial charge in [-0.3, -0.25) is 4.55 Å². The van der Waals surface area contributed by atoms with Crippen molar-refractivity contribution in [2.45, 2.75) is 25.7 Å². The highest BCUT2D eigenvalue weighted by atomic mass is 33.1. The summed E-state index contributed by atoms with van der Waals surface area (Å²) < 4.78 is 29.1. The molecule has 0 aromatic carbocycles. The fraction of sp³-hybridized carbons (Fsp3) is 1.00. The van der Waals surface area contributed by atoms with Crippen molar-refractivity contribution in [1.29, 1.82) is 0 Å². The lowest BCUT2D eigenvalue weighted by molar-refractivity contribution is 0.503. The molecule has 0 aliphatic heterocycles. The van der Waals surface area contributed by atoms with Crippen molar-refractivity contribution in [3.8, 4) is 0 Å². The standard InChI is InChI=1S/C7H19NO3S2Si/c1-14(2,3)7-5-8-4-6-12-13(9,10)11/h8H,4-7H2,1-3H3,(H,9,10,11). The fourth-order valence-corrected chi connectivity index (χ4v) is 3.05. The van der Waals surface area contributed by atoms with Crippen LogP contribution in [0.3, 0.4) is 0 Å². The SMILES string of the molecule is C[Si](C)(C)CCNCCSS(=O)(=O)O. The molecule has 0 aliphatic rings. The molecule has 14 heavy (non-hydrogen) atoms. The monoisotopic (exact) mass is 257 g/mol. The molecular formula is C7H19NO3S2Si. The first kappa shape index (κ1) is 14.4. The zero-order valence-electron chi connectivity index (χ0n) is 8.91. The van der Waals surface area contributed by atoms with E-state index in [4.69, 9.17) is 4.55 Å². The Hall–Kier alpha value is 0.437. The number of rotatable bonds is 7. The van der Waals surface area contributed by atoms with Gasteiger partial charge in [-0.15, -0.1) is 0 Å². The van der Waals surface area contributed by atoms with E-state index >= 15 is 0 Å². The van der Waals surface area contributed by atoms with Gasteiger partial charge in [-0.05, 0) is 23.4 Å². The number of nitrogens with one attached hydrogen (secondary N) is 1. The zero-order chi connectivity index (χ0) is 11.2. The van der Waals surface area contributed by atoms with E-state index in [1.807, 2.05) is 0 Å². The van der Waals surface area contributed by atoms with E-state index in [9.17, 15) is 8.42 Å². The van der Waals surface area contributed by atoms with E-state index < -0.39 is 17.2 Å². The number of hydrogen-bond acceptors (Lipinski definition) is 4. The lowest BCUT2D eigenvalue weighted by atomic mass is 10.6. The molecule has 0 fully saturated rings. The van der Waals surface area contributed by atoms with Gasteiger partial charge in [0.2, 0.25) is 0 Å². The molecule has 4 nitrogen and oxygen atoms in total. The molecule has 0 unspecified atom stereocenters. The normalized spacial score (nSPS) is 13.1. The molecule has 0 saturated carbocycles. The molecule has 0 amide bonds. The summed E-state index contributed by atoms with van der Waals surface area (Å²) >= 11 is 0. The predicted molar refractivity (Wildman–Crippen MR) is 65.0 cm³/mol. The summed E-state index contributed by atoms with van der Waals surface area (Å²) in [6, 6.07) is 1.18. The maximum Gasteiger partial charge on any atom is 0.319 e. The molecule has 2 N–H and O–H groups in total. The van der Waals surface area contributed by atoms with Gasteiger partial charge in [-0.25, -0.2) is 0 Å². The highest BCUT2D eigenvalue weighted by Gasteiger charge is 2.11. The third-order valence-corrected chi connectivity index (χ3v) is 5.38. The van der Waals surface area contributed by atoms with Gasteiger partial charge in [0.05, 0.1) is 0 Å². The molecule has 0 bridgehead atoms. The Morgan fingerprint density at radius 1 is 1.29 bits per heavy atom. The summed E-state index contributed by atoms with van der Waals surface area (Å²) in [5, 5.41) is 3.15. The van der Waals surface area contributed by atoms with E-state index in [0.29, 0.717) is 23.1 Å². The number of hydrogen-bond donors (Lipinski definition) is 2. The largest absolute Gasteiger partial charge is 0.319 e. The highest BCUT2D eigenvalue weighted by Crippen LogP contribution is 2.08. The van der Waals surface area contributed by atoms with Gasteiger partial charge in [0.15, 0.2) is 0 Å². The molecule has 0 saturated heterocycles. The van der Waals surface area contributed by atoms with Crippen LogP contribution < -0.4 is 5.32 Å². The average Bonchev–Trinajstić information content (AvgIpc) is 1.92. The second-order valence-electron chi connectivity index (χ2n) is 4.31. The maximum atomic E-state index is 10.3. The maximum absolute atomic E-state index is 10.3. The highest BCUT2D eigenvalue weighted by molar-refractivity contribution is 8.69. The van der Waals surface area contributed by atoms with E-state index in [-0.39, 0.29) is 0 Å². The van der Waals surface area contributed by atoms with Gasteiger partial charge in [0.1, 0.15) is 0 Å². The zero-order valence-corrected chi connectivity index (χ0v) is 11.5. The van der Waals surface area contributed by atoms with E-state index in [2.05, 4.69) is 25.0 Å². The summed E-state index contributed by atoms with van der Waals surface area (Å²) in [6.45, 7) is 8.43. The Kier molecular flexibility index (Phi) is 6.31. The van der Waals surface area contributed by atoms with E-state index in [1.165, 1.54) is 6.04 Å². The minimum absolute atomic E-state index is 0.393. The van der Waals surface area contributed by atoms with Crippen molar-refractivity contribution in [2.75, 3.05) is 18.8 Å². The minimum atomic E-state index is -3.85. The van der Waals surface area contributed by atoms with Gasteiger partial charge in [-0.1, -0.05) is 19.6 Å². The van der Waals surface area contributed by atoms with Crippen LogP contribution in [0.1, 0.15) is 0 Å². The van der Waals surface area contributed by atoms with Crippen molar-refractivity contribution < 1.29 is 13.0 Å². The molecule has 0 atom stereocenters. The second-order valence-corrected chi connectivity index (χ2v) is 13.4. The molecule has 0 aromatic heterocycles. The van der Waals surface area contributed by atoms with Crippen LogP contribution in [0.5, 0.6) is 0 Å². The Morgan fingerprint density at radius 2 is 1.86 bits per heavy atom. The Bertz CT molecular complexity index is 248. The Balaban J connectivity index is 3.32. The summed E-state index contributed by atoms with van der Waals surface area (Å²) in [5.74, 6) is 0.393. The van der Waals surface area contributed by atoms with Crippen LogP contribution in [-0.2, 0) is 9.15 Å². The lowest BCUT2D eigenvalue weighted by Gasteiger charge is -2.15. The van der Waals surface area contributed by atoms with Gasteiger partial charge in [-0.2, -0.15) is 8.42 Å². The van der Waals surface area contributed by atoms with Crippen molar-refractivity contribution in [2.24, 2.45) is 0 Å². The molecule has 7 heteroatoms. The van der Waals surface area contributed by atoms with Crippen molar-refractivity contribution >= 4 is 28.0 Å². The van der Waals surface area contributed by atoms with Crippen LogP contribution in [0.4, 0.5) is 0 Å². The molecule has 86 valence electrons. The molecule has 0 aliphatic carbocycles. The molecule has 0 heterocycles. The van der Waals surface area contributed by atoms with Crippen LogP contribution in [0.25, 0.3) is 0 Å². The molecule has 0 rings (SSSR count). The summed E-state index contributed by atoms with van der Waals surface area (Å²) in [5.41, 5.74) is 0. The average molecular weight is 257 g/mol. The Morgan fingerprint density at radius 3 is 2.29 bits per heavy atom. The summed E-state index contributed by atoms with van der Waals surface area (Å²) in [7, 11) is -4.28. The van der Waals surface area contributed by atoms with Crippen LogP contribution in [0.2, 0.25) is 25.7 Å². The second kappa shape index (κ2) is 6.11. The first-order valence-electron chi connectivity index (χ1n) is 4.53. The summed E-state index contributed by atoms with van der Waals surface area (Å²) in [6.07, 6.45) is 0.